The van der Waals surface area contributed by atoms with Crippen LogP contribution in [0, 0.1) is 6.92 Å². The van der Waals surface area contributed by atoms with Crippen LogP contribution >= 0.6 is 0 Å². The Morgan fingerprint density at radius 3 is 2.31 bits per heavy atom. The fourth-order valence-corrected chi connectivity index (χ4v) is 1.75. The molecule has 4 heteroatoms. The Morgan fingerprint density at radius 2 is 1.88 bits per heavy atom. The number of hydrogen-bond donors (Lipinski definition) is 1. The predicted molar refractivity (Wildman–Crippen MR) is 65.2 cm³/mol. The van der Waals surface area contributed by atoms with Gasteiger partial charge in [0, 0.05) is 17.9 Å². The summed E-state index contributed by atoms with van der Waals surface area (Å²) in [5.74, 6) is 1.22. The largest absolute Gasteiger partial charge is 0.383 e. The van der Waals surface area contributed by atoms with Crippen molar-refractivity contribution in [2.45, 2.75) is 46.6 Å². The van der Waals surface area contributed by atoms with Crippen LogP contribution in [0.4, 0.5) is 5.82 Å². The number of anilines is 1. The average molecular weight is 223 g/mol. The zero-order chi connectivity index (χ0) is 12.3. The number of nitrogens with zero attached hydrogens (tertiary/aromatic N) is 2. The van der Waals surface area contributed by atoms with Crippen LogP contribution in [0.3, 0.4) is 0 Å². The monoisotopic (exact) mass is 223 g/mol. The first-order chi connectivity index (χ1) is 7.42. The van der Waals surface area contributed by atoms with Crippen molar-refractivity contribution in [1.29, 1.82) is 0 Å². The first kappa shape index (κ1) is 12.9. The molecular formula is C12H21N3O. The smallest absolute Gasteiger partial charge is 0.162 e. The highest BCUT2D eigenvalue weighted by Gasteiger charge is 2.25. The third-order valence-electron chi connectivity index (χ3n) is 2.64. The number of aromatic nitrogens is 2. The minimum Gasteiger partial charge on any atom is -0.383 e. The molecule has 0 aliphatic heterocycles. The van der Waals surface area contributed by atoms with Crippen molar-refractivity contribution < 1.29 is 4.74 Å². The molecular weight excluding hydrogens is 202 g/mol. The molecule has 0 saturated carbocycles. The van der Waals surface area contributed by atoms with E-state index in [9.17, 15) is 0 Å². The highest BCUT2D eigenvalue weighted by molar-refractivity contribution is 5.42. The Balaban J connectivity index is 3.17. The van der Waals surface area contributed by atoms with Gasteiger partial charge in [0.25, 0.3) is 0 Å². The predicted octanol–water partition coefficient (Wildman–Crippen LogP) is 2.20. The Kier molecular flexibility index (Phi) is 3.86. The van der Waals surface area contributed by atoms with Gasteiger partial charge in [-0.3, -0.25) is 0 Å². The lowest BCUT2D eigenvalue weighted by Gasteiger charge is -2.24. The van der Waals surface area contributed by atoms with E-state index >= 15 is 0 Å². The second-order valence-corrected chi connectivity index (χ2v) is 4.29. The summed E-state index contributed by atoms with van der Waals surface area (Å²) >= 11 is 0. The van der Waals surface area contributed by atoms with Gasteiger partial charge in [-0.05, 0) is 34.1 Å². The van der Waals surface area contributed by atoms with E-state index in [2.05, 4.69) is 16.9 Å². The van der Waals surface area contributed by atoms with Crippen molar-refractivity contribution in [3.8, 4) is 0 Å². The molecule has 1 rings (SSSR count). The molecule has 2 N–H and O–H groups in total. The molecule has 4 nitrogen and oxygen atoms in total. The zero-order valence-electron chi connectivity index (χ0n) is 10.8. The summed E-state index contributed by atoms with van der Waals surface area (Å²) in [6.45, 7) is 10.5. The second kappa shape index (κ2) is 4.78. The molecule has 0 spiro atoms. The molecule has 0 aliphatic carbocycles. The molecule has 0 amide bonds. The minimum atomic E-state index is -0.486. The van der Waals surface area contributed by atoms with Gasteiger partial charge >= 0.3 is 0 Å². The van der Waals surface area contributed by atoms with Crippen LogP contribution in [-0.2, 0) is 16.8 Å². The maximum absolute atomic E-state index is 5.92. The van der Waals surface area contributed by atoms with Gasteiger partial charge in [0.2, 0.25) is 0 Å². The summed E-state index contributed by atoms with van der Waals surface area (Å²) < 4.78 is 5.62. The van der Waals surface area contributed by atoms with Gasteiger partial charge in [-0.2, -0.15) is 0 Å². The van der Waals surface area contributed by atoms with Gasteiger partial charge < -0.3 is 10.5 Å². The Bertz CT molecular complexity index is 352. The van der Waals surface area contributed by atoms with Crippen LogP contribution in [0.1, 0.15) is 44.8 Å². The molecule has 0 radical (unpaired) electrons. The molecule has 0 fully saturated rings. The summed E-state index contributed by atoms with van der Waals surface area (Å²) in [5.41, 5.74) is 7.40. The number of rotatable bonds is 4. The summed E-state index contributed by atoms with van der Waals surface area (Å²) in [6, 6.07) is 0. The van der Waals surface area contributed by atoms with Crippen LogP contribution in [-0.4, -0.2) is 16.6 Å². The van der Waals surface area contributed by atoms with Gasteiger partial charge in [0.1, 0.15) is 11.4 Å². The molecule has 16 heavy (non-hydrogen) atoms. The molecule has 0 unspecified atom stereocenters. The molecule has 0 aliphatic rings. The topological polar surface area (TPSA) is 61.0 Å². The van der Waals surface area contributed by atoms with Crippen molar-refractivity contribution >= 4 is 5.82 Å². The lowest BCUT2D eigenvalue weighted by molar-refractivity contribution is -0.0208. The number of aryl methyl sites for hydroxylation is 1. The summed E-state index contributed by atoms with van der Waals surface area (Å²) in [5, 5.41) is 0. The van der Waals surface area contributed by atoms with Crippen molar-refractivity contribution in [2.24, 2.45) is 0 Å². The molecule has 90 valence electrons. The quantitative estimate of drug-likeness (QED) is 0.850. The molecule has 0 atom stereocenters. The van der Waals surface area contributed by atoms with E-state index < -0.39 is 5.60 Å². The molecule has 0 bridgehead atoms. The van der Waals surface area contributed by atoms with Crippen LogP contribution in [0.2, 0.25) is 0 Å². The van der Waals surface area contributed by atoms with E-state index in [-0.39, 0.29) is 0 Å². The third kappa shape index (κ3) is 2.50. The molecule has 0 saturated heterocycles. The van der Waals surface area contributed by atoms with Gasteiger partial charge in [0.15, 0.2) is 5.82 Å². The van der Waals surface area contributed by atoms with E-state index in [0.29, 0.717) is 18.2 Å². The first-order valence-corrected chi connectivity index (χ1v) is 5.69. The highest BCUT2D eigenvalue weighted by atomic mass is 16.5. The zero-order valence-corrected chi connectivity index (χ0v) is 10.8. The fourth-order valence-electron chi connectivity index (χ4n) is 1.75. The van der Waals surface area contributed by atoms with E-state index in [4.69, 9.17) is 10.5 Å². The lowest BCUT2D eigenvalue weighted by Crippen LogP contribution is -2.26. The molecule has 1 heterocycles. The fraction of sp³-hybridized carbons (Fsp3) is 0.667. The first-order valence-electron chi connectivity index (χ1n) is 5.69. The number of nitrogens with two attached hydrogens (primary N) is 1. The van der Waals surface area contributed by atoms with Crippen molar-refractivity contribution in [2.75, 3.05) is 12.3 Å². The highest BCUT2D eigenvalue weighted by Crippen LogP contribution is 2.24. The molecule has 1 aromatic rings. The summed E-state index contributed by atoms with van der Waals surface area (Å²) in [4.78, 5) is 8.82. The third-order valence-corrected chi connectivity index (χ3v) is 2.64. The van der Waals surface area contributed by atoms with Gasteiger partial charge in [-0.1, -0.05) is 6.92 Å². The Morgan fingerprint density at radius 1 is 1.25 bits per heavy atom. The Labute approximate surface area is 97.2 Å². The van der Waals surface area contributed by atoms with Crippen LogP contribution in [0.15, 0.2) is 0 Å². The van der Waals surface area contributed by atoms with Crippen molar-refractivity contribution in [1.82, 2.24) is 9.97 Å². The van der Waals surface area contributed by atoms with Gasteiger partial charge in [-0.15, -0.1) is 0 Å². The van der Waals surface area contributed by atoms with Crippen molar-refractivity contribution in [3.63, 3.8) is 0 Å². The van der Waals surface area contributed by atoms with E-state index in [1.807, 2.05) is 27.7 Å². The Hall–Kier alpha value is -1.16. The SMILES string of the molecule is CCOC(C)(C)c1nc(C)c(CC)c(N)n1. The maximum Gasteiger partial charge on any atom is 0.162 e. The van der Waals surface area contributed by atoms with Gasteiger partial charge in [-0.25, -0.2) is 9.97 Å². The maximum atomic E-state index is 5.92. The van der Waals surface area contributed by atoms with E-state index in [1.165, 1.54) is 0 Å². The molecule has 1 aromatic heterocycles. The second-order valence-electron chi connectivity index (χ2n) is 4.29. The van der Waals surface area contributed by atoms with Gasteiger partial charge in [0.05, 0.1) is 0 Å². The number of ether oxygens (including phenoxy) is 1. The van der Waals surface area contributed by atoms with E-state index in [1.54, 1.807) is 0 Å². The standard InChI is InChI=1S/C12H21N3O/c1-6-9-8(3)14-11(15-10(9)13)12(4,5)16-7-2/h6-7H2,1-5H3,(H2,13,14,15). The van der Waals surface area contributed by atoms with E-state index in [0.717, 1.165) is 17.7 Å². The lowest BCUT2D eigenvalue weighted by atomic mass is 10.1. The summed E-state index contributed by atoms with van der Waals surface area (Å²) in [6.07, 6.45) is 0.854. The summed E-state index contributed by atoms with van der Waals surface area (Å²) in [7, 11) is 0. The van der Waals surface area contributed by atoms with Crippen LogP contribution in [0.5, 0.6) is 0 Å². The number of nitrogen functional groups attached to an aromatic ring is 1. The normalized spacial score (nSPS) is 11.8. The minimum absolute atomic E-state index is 0.486. The number of hydrogen-bond acceptors (Lipinski definition) is 4. The molecule has 0 aromatic carbocycles. The van der Waals surface area contributed by atoms with Crippen LogP contribution in [0.25, 0.3) is 0 Å². The average Bonchev–Trinajstić information content (AvgIpc) is 2.17. The van der Waals surface area contributed by atoms with Crippen LogP contribution < -0.4 is 5.73 Å². The van der Waals surface area contributed by atoms with Crippen molar-refractivity contribution in [3.05, 3.63) is 17.1 Å².